The zero-order valence-corrected chi connectivity index (χ0v) is 14.4. The van der Waals surface area contributed by atoms with E-state index in [1.807, 2.05) is 37.3 Å². The second kappa shape index (κ2) is 7.65. The van der Waals surface area contributed by atoms with Gasteiger partial charge in [0, 0.05) is 5.69 Å². The fraction of sp³-hybridized carbons (Fsp3) is 0.150. The SMILES string of the molecule is Cc1cc(/C(F)=C/c2ccc(OC(F)(F)F)cc2)nn1Cc1ccccc1. The molecule has 0 saturated carbocycles. The summed E-state index contributed by atoms with van der Waals surface area (Å²) in [4.78, 5) is 0. The average Bonchev–Trinajstić information content (AvgIpc) is 2.97. The molecular formula is C20H16F4N2O. The second-order valence-corrected chi connectivity index (χ2v) is 5.92. The molecular weight excluding hydrogens is 360 g/mol. The number of aromatic nitrogens is 2. The zero-order valence-electron chi connectivity index (χ0n) is 14.4. The maximum atomic E-state index is 14.5. The highest BCUT2D eigenvalue weighted by Crippen LogP contribution is 2.25. The van der Waals surface area contributed by atoms with Crippen LogP contribution < -0.4 is 4.74 Å². The summed E-state index contributed by atoms with van der Waals surface area (Å²) in [6, 6.07) is 16.2. The summed E-state index contributed by atoms with van der Waals surface area (Å²) in [5.74, 6) is -0.933. The van der Waals surface area contributed by atoms with Gasteiger partial charge in [-0.2, -0.15) is 5.10 Å². The first-order valence-electron chi connectivity index (χ1n) is 8.12. The van der Waals surface area contributed by atoms with Crippen molar-refractivity contribution in [1.29, 1.82) is 0 Å². The van der Waals surface area contributed by atoms with Crippen molar-refractivity contribution in [3.05, 3.63) is 83.2 Å². The van der Waals surface area contributed by atoms with Gasteiger partial charge in [0.1, 0.15) is 11.4 Å². The molecule has 0 unspecified atom stereocenters. The van der Waals surface area contributed by atoms with Gasteiger partial charge in [-0.1, -0.05) is 42.5 Å². The van der Waals surface area contributed by atoms with Crippen LogP contribution in [0.1, 0.15) is 22.5 Å². The predicted octanol–water partition coefficient (Wildman–Crippen LogP) is 5.61. The molecule has 1 heterocycles. The van der Waals surface area contributed by atoms with Crippen LogP contribution in [-0.4, -0.2) is 16.1 Å². The number of hydrogen-bond donors (Lipinski definition) is 0. The van der Waals surface area contributed by atoms with Crippen molar-refractivity contribution in [1.82, 2.24) is 9.78 Å². The summed E-state index contributed by atoms with van der Waals surface area (Å²) in [6.07, 6.45) is -3.54. The first-order chi connectivity index (χ1) is 12.8. The van der Waals surface area contributed by atoms with Gasteiger partial charge < -0.3 is 4.74 Å². The van der Waals surface area contributed by atoms with Crippen LogP contribution in [0, 0.1) is 6.92 Å². The number of hydrogen-bond acceptors (Lipinski definition) is 2. The Morgan fingerprint density at radius 2 is 1.74 bits per heavy atom. The minimum absolute atomic E-state index is 0.166. The molecule has 2 aromatic carbocycles. The molecule has 0 aliphatic heterocycles. The number of nitrogens with zero attached hydrogens (tertiary/aromatic N) is 2. The third kappa shape index (κ3) is 5.20. The summed E-state index contributed by atoms with van der Waals surface area (Å²) < 4.78 is 56.5. The molecule has 0 atom stereocenters. The first-order valence-corrected chi connectivity index (χ1v) is 8.12. The van der Waals surface area contributed by atoms with Crippen LogP contribution in [0.4, 0.5) is 17.6 Å². The standard InChI is InChI=1S/C20H16F4N2O/c1-14-11-19(25-26(14)13-16-5-3-2-4-6-16)18(21)12-15-7-9-17(10-8-15)27-20(22,23)24/h2-12H,13H2,1H3/b18-12-. The van der Waals surface area contributed by atoms with Crippen molar-refractivity contribution in [2.24, 2.45) is 0 Å². The predicted molar refractivity (Wildman–Crippen MR) is 94.6 cm³/mol. The van der Waals surface area contributed by atoms with Gasteiger partial charge in [-0.05, 0) is 42.3 Å². The van der Waals surface area contributed by atoms with Gasteiger partial charge in [-0.3, -0.25) is 4.68 Å². The molecule has 0 saturated heterocycles. The van der Waals surface area contributed by atoms with Crippen molar-refractivity contribution < 1.29 is 22.3 Å². The van der Waals surface area contributed by atoms with Gasteiger partial charge in [-0.25, -0.2) is 4.39 Å². The van der Waals surface area contributed by atoms with Gasteiger partial charge in [-0.15, -0.1) is 13.2 Å². The molecule has 3 nitrogen and oxygen atoms in total. The Bertz CT molecular complexity index is 929. The van der Waals surface area contributed by atoms with E-state index < -0.39 is 12.2 Å². The summed E-state index contributed by atoms with van der Waals surface area (Å²) in [7, 11) is 0. The maximum absolute atomic E-state index is 14.5. The Hall–Kier alpha value is -3.09. The molecule has 7 heteroatoms. The number of rotatable bonds is 5. The Balaban J connectivity index is 1.75. The van der Waals surface area contributed by atoms with Gasteiger partial charge >= 0.3 is 6.36 Å². The molecule has 0 radical (unpaired) electrons. The van der Waals surface area contributed by atoms with E-state index in [9.17, 15) is 17.6 Å². The van der Waals surface area contributed by atoms with Gasteiger partial charge in [0.25, 0.3) is 0 Å². The van der Waals surface area contributed by atoms with E-state index in [2.05, 4.69) is 9.84 Å². The number of alkyl halides is 3. The molecule has 140 valence electrons. The minimum atomic E-state index is -4.76. The van der Waals surface area contributed by atoms with Crippen molar-refractivity contribution in [2.75, 3.05) is 0 Å². The van der Waals surface area contributed by atoms with Gasteiger partial charge in [0.15, 0.2) is 5.83 Å². The molecule has 0 fully saturated rings. The molecule has 3 rings (SSSR count). The van der Waals surface area contributed by atoms with Crippen LogP contribution in [0.25, 0.3) is 11.9 Å². The summed E-state index contributed by atoms with van der Waals surface area (Å²) in [6.45, 7) is 2.35. The molecule has 0 spiro atoms. The van der Waals surface area contributed by atoms with E-state index in [4.69, 9.17) is 0 Å². The topological polar surface area (TPSA) is 27.1 Å². The molecule has 0 amide bonds. The third-order valence-electron chi connectivity index (χ3n) is 3.81. The first kappa shape index (κ1) is 18.7. The lowest BCUT2D eigenvalue weighted by atomic mass is 10.2. The number of aryl methyl sites for hydroxylation is 1. The Labute approximate surface area is 153 Å². The van der Waals surface area contributed by atoms with E-state index in [-0.39, 0.29) is 11.4 Å². The largest absolute Gasteiger partial charge is 0.573 e. The Kier molecular flexibility index (Phi) is 5.30. The third-order valence-corrected chi connectivity index (χ3v) is 3.81. The molecule has 0 N–H and O–H groups in total. The summed E-state index contributed by atoms with van der Waals surface area (Å²) >= 11 is 0. The van der Waals surface area contributed by atoms with Gasteiger partial charge in [0.05, 0.1) is 6.54 Å². The highest BCUT2D eigenvalue weighted by Gasteiger charge is 2.30. The van der Waals surface area contributed by atoms with E-state index in [1.54, 1.807) is 10.7 Å². The van der Waals surface area contributed by atoms with E-state index >= 15 is 0 Å². The maximum Gasteiger partial charge on any atom is 0.573 e. The zero-order chi connectivity index (χ0) is 19.4. The molecule has 27 heavy (non-hydrogen) atoms. The van der Waals surface area contributed by atoms with E-state index in [0.717, 1.165) is 23.4 Å². The van der Waals surface area contributed by atoms with Crippen LogP contribution >= 0.6 is 0 Å². The number of benzene rings is 2. The summed E-state index contributed by atoms with van der Waals surface area (Å²) in [5.41, 5.74) is 2.41. The van der Waals surface area contributed by atoms with Crippen LogP contribution in [0.5, 0.6) is 5.75 Å². The van der Waals surface area contributed by atoms with Crippen LogP contribution in [0.15, 0.2) is 60.7 Å². The lowest BCUT2D eigenvalue weighted by Crippen LogP contribution is -2.16. The average molecular weight is 376 g/mol. The highest BCUT2D eigenvalue weighted by atomic mass is 19.4. The van der Waals surface area contributed by atoms with Crippen LogP contribution in [0.3, 0.4) is 0 Å². The normalized spacial score (nSPS) is 12.3. The second-order valence-electron chi connectivity index (χ2n) is 5.92. The van der Waals surface area contributed by atoms with Gasteiger partial charge in [0.2, 0.25) is 0 Å². The Morgan fingerprint density at radius 1 is 1.07 bits per heavy atom. The fourth-order valence-electron chi connectivity index (χ4n) is 2.53. The van der Waals surface area contributed by atoms with Crippen LogP contribution in [0.2, 0.25) is 0 Å². The molecule has 0 aliphatic carbocycles. The molecule has 0 aliphatic rings. The highest BCUT2D eigenvalue weighted by molar-refractivity contribution is 5.75. The molecule has 1 aromatic heterocycles. The fourth-order valence-corrected chi connectivity index (χ4v) is 2.53. The van der Waals surface area contributed by atoms with Crippen molar-refractivity contribution in [3.63, 3.8) is 0 Å². The smallest absolute Gasteiger partial charge is 0.406 e. The molecule has 3 aromatic rings. The van der Waals surface area contributed by atoms with Crippen molar-refractivity contribution >= 4 is 11.9 Å². The summed E-state index contributed by atoms with van der Waals surface area (Å²) in [5, 5.41) is 4.27. The van der Waals surface area contributed by atoms with Crippen molar-refractivity contribution in [2.45, 2.75) is 19.8 Å². The van der Waals surface area contributed by atoms with E-state index in [0.29, 0.717) is 12.1 Å². The number of halogens is 4. The van der Waals surface area contributed by atoms with Crippen LogP contribution in [-0.2, 0) is 6.54 Å². The quantitative estimate of drug-likeness (QED) is 0.542. The lowest BCUT2D eigenvalue weighted by molar-refractivity contribution is -0.274. The lowest BCUT2D eigenvalue weighted by Gasteiger charge is -2.08. The van der Waals surface area contributed by atoms with Crippen molar-refractivity contribution in [3.8, 4) is 5.75 Å². The Morgan fingerprint density at radius 3 is 2.37 bits per heavy atom. The number of ether oxygens (including phenoxy) is 1. The monoisotopic (exact) mass is 376 g/mol. The minimum Gasteiger partial charge on any atom is -0.406 e. The van der Waals surface area contributed by atoms with E-state index in [1.165, 1.54) is 18.2 Å². The molecule has 0 bridgehead atoms.